The van der Waals surface area contributed by atoms with Gasteiger partial charge in [-0.1, -0.05) is 18.7 Å². The van der Waals surface area contributed by atoms with E-state index in [1.165, 1.54) is 11.8 Å². The molecule has 0 spiro atoms. The van der Waals surface area contributed by atoms with E-state index in [0.717, 1.165) is 5.56 Å². The van der Waals surface area contributed by atoms with Crippen molar-refractivity contribution in [3.63, 3.8) is 0 Å². The van der Waals surface area contributed by atoms with Crippen LogP contribution in [-0.4, -0.2) is 48.8 Å². The van der Waals surface area contributed by atoms with Crippen molar-refractivity contribution in [1.29, 1.82) is 0 Å². The molecule has 7 nitrogen and oxygen atoms in total. The molecule has 178 valence electrons. The van der Waals surface area contributed by atoms with E-state index in [1.807, 2.05) is 13.0 Å². The highest BCUT2D eigenvalue weighted by Gasteiger charge is 2.32. The van der Waals surface area contributed by atoms with E-state index in [1.54, 1.807) is 61.4 Å². The summed E-state index contributed by atoms with van der Waals surface area (Å²) in [5.41, 5.74) is 1.74. The van der Waals surface area contributed by atoms with E-state index in [-0.39, 0.29) is 5.91 Å². The van der Waals surface area contributed by atoms with Gasteiger partial charge in [0.05, 0.1) is 34.3 Å². The summed E-state index contributed by atoms with van der Waals surface area (Å²) < 4.78 is 16.9. The Hall–Kier alpha value is -3.04. The Morgan fingerprint density at radius 2 is 2.06 bits per heavy atom. The van der Waals surface area contributed by atoms with E-state index in [0.29, 0.717) is 57.1 Å². The van der Waals surface area contributed by atoms with Gasteiger partial charge in [0, 0.05) is 6.54 Å². The maximum Gasteiger partial charge on any atom is 0.338 e. The van der Waals surface area contributed by atoms with Gasteiger partial charge in [-0.05, 0) is 83.5 Å². The maximum atomic E-state index is 13.1. The van der Waals surface area contributed by atoms with Gasteiger partial charge < -0.3 is 14.2 Å². The molecule has 2 aromatic rings. The number of thioether (sulfide) groups is 1. The Kier molecular flexibility index (Phi) is 8.95. The number of amides is 1. The molecule has 0 N–H and O–H groups in total. The van der Waals surface area contributed by atoms with E-state index >= 15 is 0 Å². The molecule has 2 aromatic carbocycles. The van der Waals surface area contributed by atoms with Crippen molar-refractivity contribution in [2.75, 3.05) is 26.9 Å². The molecule has 1 saturated heterocycles. The van der Waals surface area contributed by atoms with Gasteiger partial charge in [-0.25, -0.2) is 9.79 Å². The fourth-order valence-corrected chi connectivity index (χ4v) is 4.79. The Labute approximate surface area is 211 Å². The first-order valence-corrected chi connectivity index (χ1v) is 12.2. The number of halogens is 1. The number of esters is 1. The Morgan fingerprint density at radius 1 is 1.26 bits per heavy atom. The summed E-state index contributed by atoms with van der Waals surface area (Å²) >= 11 is 4.79. The van der Waals surface area contributed by atoms with Gasteiger partial charge in [0.25, 0.3) is 5.91 Å². The lowest BCUT2D eigenvalue weighted by atomic mass is 10.2. The SMILES string of the molecule is C=CCOc1c(Br)cc(C=C2SC(=Nc3cccc(C(=O)OCC)c3)N(CC)C2=O)cc1OC. The number of aliphatic imine (C=N–C) groups is 1. The number of carbonyl (C=O) groups is 2. The maximum absolute atomic E-state index is 13.1. The number of hydrogen-bond acceptors (Lipinski definition) is 7. The second kappa shape index (κ2) is 11.9. The highest BCUT2D eigenvalue weighted by atomic mass is 79.9. The smallest absolute Gasteiger partial charge is 0.338 e. The summed E-state index contributed by atoms with van der Waals surface area (Å²) in [4.78, 5) is 31.8. The van der Waals surface area contributed by atoms with Crippen LogP contribution in [0.2, 0.25) is 0 Å². The van der Waals surface area contributed by atoms with Gasteiger partial charge in [-0.3, -0.25) is 9.69 Å². The standard InChI is InChI=1S/C25H25BrN2O5S/c1-5-11-33-22-19(26)12-16(13-20(22)31-4)14-21-23(29)28(6-2)25(34-21)27-18-10-8-9-17(15-18)24(30)32-7-3/h5,8-10,12-15H,1,6-7,11H2,2-4H3. The highest BCUT2D eigenvalue weighted by molar-refractivity contribution is 9.10. The van der Waals surface area contributed by atoms with Gasteiger partial charge in [-0.2, -0.15) is 0 Å². The largest absolute Gasteiger partial charge is 0.493 e. The van der Waals surface area contributed by atoms with E-state index < -0.39 is 5.97 Å². The fourth-order valence-electron chi connectivity index (χ4n) is 3.15. The topological polar surface area (TPSA) is 77.4 Å². The van der Waals surface area contributed by atoms with Crippen LogP contribution in [0.5, 0.6) is 11.5 Å². The third-order valence-electron chi connectivity index (χ3n) is 4.68. The molecule has 1 aliphatic rings. The summed E-state index contributed by atoms with van der Waals surface area (Å²) in [6.07, 6.45) is 3.44. The van der Waals surface area contributed by atoms with Crippen LogP contribution < -0.4 is 9.47 Å². The average molecular weight is 545 g/mol. The van der Waals surface area contributed by atoms with Gasteiger partial charge in [0.1, 0.15) is 6.61 Å². The minimum atomic E-state index is -0.410. The lowest BCUT2D eigenvalue weighted by Crippen LogP contribution is -2.28. The van der Waals surface area contributed by atoms with Crippen LogP contribution in [0.25, 0.3) is 6.08 Å². The second-order valence-electron chi connectivity index (χ2n) is 6.96. The van der Waals surface area contributed by atoms with Crippen molar-refractivity contribution < 1.29 is 23.8 Å². The molecule has 3 rings (SSSR count). The second-order valence-corrected chi connectivity index (χ2v) is 8.82. The fraction of sp³-hybridized carbons (Fsp3) is 0.240. The Balaban J connectivity index is 1.92. The molecule has 0 bridgehead atoms. The summed E-state index contributed by atoms with van der Waals surface area (Å²) in [5, 5.41) is 0.539. The van der Waals surface area contributed by atoms with Crippen LogP contribution in [-0.2, 0) is 9.53 Å². The minimum absolute atomic E-state index is 0.144. The molecule has 9 heteroatoms. The molecular weight excluding hydrogens is 520 g/mol. The molecule has 0 aliphatic carbocycles. The summed E-state index contributed by atoms with van der Waals surface area (Å²) in [7, 11) is 1.56. The van der Waals surface area contributed by atoms with Crippen LogP contribution >= 0.6 is 27.7 Å². The molecule has 1 heterocycles. The van der Waals surface area contributed by atoms with Crippen molar-refractivity contribution in [3.05, 3.63) is 69.6 Å². The van der Waals surface area contributed by atoms with Crippen molar-refractivity contribution in [3.8, 4) is 11.5 Å². The summed E-state index contributed by atoms with van der Waals surface area (Å²) in [5.74, 6) is 0.548. The van der Waals surface area contributed by atoms with Crippen molar-refractivity contribution >= 4 is 56.5 Å². The van der Waals surface area contributed by atoms with Crippen LogP contribution in [0.1, 0.15) is 29.8 Å². The molecule has 0 aromatic heterocycles. The minimum Gasteiger partial charge on any atom is -0.493 e. The number of methoxy groups -OCH3 is 1. The lowest BCUT2D eigenvalue weighted by Gasteiger charge is -2.13. The number of carbonyl (C=O) groups excluding carboxylic acids is 2. The predicted molar refractivity (Wildman–Crippen MR) is 139 cm³/mol. The number of ether oxygens (including phenoxy) is 3. The molecule has 34 heavy (non-hydrogen) atoms. The van der Waals surface area contributed by atoms with Gasteiger partial charge in [-0.15, -0.1) is 0 Å². The number of rotatable bonds is 9. The summed E-state index contributed by atoms with van der Waals surface area (Å²) in [6, 6.07) is 10.5. The monoisotopic (exact) mass is 544 g/mol. The number of benzene rings is 2. The highest BCUT2D eigenvalue weighted by Crippen LogP contribution is 2.39. The van der Waals surface area contributed by atoms with Crippen molar-refractivity contribution in [2.24, 2.45) is 4.99 Å². The Bertz CT molecular complexity index is 1160. The number of nitrogens with zero attached hydrogens (tertiary/aromatic N) is 2. The number of amidine groups is 1. The van der Waals surface area contributed by atoms with Crippen LogP contribution in [0, 0.1) is 0 Å². The number of hydrogen-bond donors (Lipinski definition) is 0. The van der Waals surface area contributed by atoms with Gasteiger partial charge >= 0.3 is 5.97 Å². The molecule has 0 atom stereocenters. The van der Waals surface area contributed by atoms with E-state index in [4.69, 9.17) is 14.2 Å². The van der Waals surface area contributed by atoms with E-state index in [9.17, 15) is 9.59 Å². The first kappa shape index (κ1) is 25.6. The third-order valence-corrected chi connectivity index (χ3v) is 6.28. The zero-order chi connectivity index (χ0) is 24.7. The zero-order valence-electron chi connectivity index (χ0n) is 19.2. The van der Waals surface area contributed by atoms with Crippen LogP contribution in [0.4, 0.5) is 5.69 Å². The molecule has 0 radical (unpaired) electrons. The van der Waals surface area contributed by atoms with Crippen LogP contribution in [0.15, 0.2) is 63.4 Å². The molecule has 0 saturated carbocycles. The molecule has 1 amide bonds. The van der Waals surface area contributed by atoms with Crippen molar-refractivity contribution in [2.45, 2.75) is 13.8 Å². The quantitative estimate of drug-likeness (QED) is 0.225. The summed E-state index contributed by atoms with van der Waals surface area (Å²) in [6.45, 7) is 8.39. The van der Waals surface area contributed by atoms with Crippen LogP contribution in [0.3, 0.4) is 0 Å². The average Bonchev–Trinajstić information content (AvgIpc) is 3.11. The molecule has 0 unspecified atom stereocenters. The molecule has 1 aliphatic heterocycles. The lowest BCUT2D eigenvalue weighted by molar-refractivity contribution is -0.122. The first-order valence-electron chi connectivity index (χ1n) is 10.6. The number of likely N-dealkylation sites (N-methyl/N-ethyl adjacent to an activating group) is 1. The molecule has 1 fully saturated rings. The molecular formula is C25H25BrN2O5S. The van der Waals surface area contributed by atoms with Gasteiger partial charge in [0.15, 0.2) is 16.7 Å². The Morgan fingerprint density at radius 3 is 2.74 bits per heavy atom. The zero-order valence-corrected chi connectivity index (χ0v) is 21.6. The third kappa shape index (κ3) is 5.90. The van der Waals surface area contributed by atoms with Crippen molar-refractivity contribution in [1.82, 2.24) is 4.90 Å². The predicted octanol–water partition coefficient (Wildman–Crippen LogP) is 5.82. The normalized spacial score (nSPS) is 15.6. The van der Waals surface area contributed by atoms with Gasteiger partial charge in [0.2, 0.25) is 0 Å². The first-order chi connectivity index (χ1) is 16.4. The van der Waals surface area contributed by atoms with E-state index in [2.05, 4.69) is 27.5 Å².